The van der Waals surface area contributed by atoms with Crippen molar-refractivity contribution in [2.45, 2.75) is 72.8 Å². The Hall–Kier alpha value is -0.0400. The monoisotopic (exact) mass is 237 g/mol. The van der Waals surface area contributed by atoms with Crippen molar-refractivity contribution in [1.29, 1.82) is 0 Å². The lowest BCUT2D eigenvalue weighted by molar-refractivity contribution is 0.187. The van der Waals surface area contributed by atoms with Crippen molar-refractivity contribution in [1.82, 2.24) is 5.32 Å². The molecule has 0 aromatic rings. The van der Waals surface area contributed by atoms with Gasteiger partial charge in [0, 0.05) is 12.6 Å². The van der Waals surface area contributed by atoms with E-state index < -0.39 is 0 Å². The molecule has 0 aromatic carbocycles. The summed E-state index contributed by atoms with van der Waals surface area (Å²) in [5.41, 5.74) is 1.14. The summed E-state index contributed by atoms with van der Waals surface area (Å²) in [5.74, 6) is 2.20. The third-order valence-electron chi connectivity index (χ3n) is 4.75. The van der Waals surface area contributed by atoms with Crippen LogP contribution in [0.4, 0.5) is 0 Å². The summed E-state index contributed by atoms with van der Waals surface area (Å²) in [6.07, 6.45) is 7.37. The van der Waals surface area contributed by atoms with Crippen molar-refractivity contribution in [3.8, 4) is 0 Å². The van der Waals surface area contributed by atoms with Gasteiger partial charge in [-0.05, 0) is 54.8 Å². The minimum absolute atomic E-state index is 0.498. The summed E-state index contributed by atoms with van der Waals surface area (Å²) >= 11 is 0. The Morgan fingerprint density at radius 1 is 1.18 bits per heavy atom. The predicted octanol–water partition coefficient (Wildman–Crippen LogP) is 4.23. The number of hydrogen-bond acceptors (Lipinski definition) is 1. The number of nitrogens with one attached hydrogen (secondary N) is 1. The topological polar surface area (TPSA) is 12.0 Å². The van der Waals surface area contributed by atoms with Crippen molar-refractivity contribution in [2.24, 2.45) is 22.7 Å². The Kier molecular flexibility index (Phi) is 3.60. The van der Waals surface area contributed by atoms with Gasteiger partial charge in [0.2, 0.25) is 0 Å². The van der Waals surface area contributed by atoms with Gasteiger partial charge in [-0.15, -0.1) is 0 Å². The minimum Gasteiger partial charge on any atom is -0.314 e. The Morgan fingerprint density at radius 3 is 2.24 bits per heavy atom. The van der Waals surface area contributed by atoms with Crippen LogP contribution in [-0.4, -0.2) is 12.6 Å². The van der Waals surface area contributed by atoms with Crippen LogP contribution < -0.4 is 5.32 Å². The van der Waals surface area contributed by atoms with Crippen LogP contribution in [0.25, 0.3) is 0 Å². The lowest BCUT2D eigenvalue weighted by atomic mass is 9.74. The highest BCUT2D eigenvalue weighted by Crippen LogP contribution is 2.61. The van der Waals surface area contributed by atoms with Gasteiger partial charge in [0.15, 0.2) is 0 Å². The van der Waals surface area contributed by atoms with Crippen LogP contribution in [0.3, 0.4) is 0 Å². The first-order chi connectivity index (χ1) is 7.80. The van der Waals surface area contributed by atoms with Crippen molar-refractivity contribution < 1.29 is 0 Å². The zero-order valence-electron chi connectivity index (χ0n) is 12.5. The Morgan fingerprint density at radius 2 is 1.76 bits per heavy atom. The highest BCUT2D eigenvalue weighted by molar-refractivity contribution is 5.04. The van der Waals surface area contributed by atoms with E-state index in [-0.39, 0.29) is 0 Å². The summed E-state index contributed by atoms with van der Waals surface area (Å²) in [6.45, 7) is 12.9. The molecule has 2 saturated carbocycles. The first kappa shape index (κ1) is 13.4. The highest BCUT2D eigenvalue weighted by Gasteiger charge is 2.53. The van der Waals surface area contributed by atoms with E-state index in [1.54, 1.807) is 6.42 Å². The van der Waals surface area contributed by atoms with Crippen molar-refractivity contribution in [2.75, 3.05) is 6.54 Å². The minimum atomic E-state index is 0.498. The molecule has 0 spiro atoms. The van der Waals surface area contributed by atoms with Gasteiger partial charge < -0.3 is 5.32 Å². The molecule has 0 aliphatic heterocycles. The van der Waals surface area contributed by atoms with Crippen molar-refractivity contribution in [3.05, 3.63) is 0 Å². The van der Waals surface area contributed by atoms with E-state index in [2.05, 4.69) is 39.9 Å². The third-order valence-corrected chi connectivity index (χ3v) is 4.75. The van der Waals surface area contributed by atoms with Crippen LogP contribution in [0, 0.1) is 22.7 Å². The molecule has 17 heavy (non-hydrogen) atoms. The van der Waals surface area contributed by atoms with Crippen LogP contribution in [0.15, 0.2) is 0 Å². The average Bonchev–Trinajstić information content (AvgIpc) is 2.81. The largest absolute Gasteiger partial charge is 0.314 e. The Bertz CT molecular complexity index is 251. The highest BCUT2D eigenvalue weighted by atomic mass is 14.9. The first-order valence-corrected chi connectivity index (χ1v) is 7.53. The van der Waals surface area contributed by atoms with Gasteiger partial charge in [-0.3, -0.25) is 0 Å². The second-order valence-electron chi connectivity index (χ2n) is 8.26. The normalized spacial score (nSPS) is 36.4. The molecule has 100 valence electrons. The van der Waals surface area contributed by atoms with E-state index >= 15 is 0 Å². The molecule has 1 nitrogen and oxygen atoms in total. The third kappa shape index (κ3) is 3.71. The Balaban J connectivity index is 1.89. The lowest BCUT2D eigenvalue weighted by Gasteiger charge is -2.35. The van der Waals surface area contributed by atoms with Crippen LogP contribution in [-0.2, 0) is 0 Å². The zero-order valence-corrected chi connectivity index (χ0v) is 12.5. The fourth-order valence-corrected chi connectivity index (χ4v) is 3.50. The van der Waals surface area contributed by atoms with E-state index in [1.807, 2.05) is 0 Å². The zero-order chi connectivity index (χ0) is 12.7. The van der Waals surface area contributed by atoms with Crippen LogP contribution in [0.5, 0.6) is 0 Å². The van der Waals surface area contributed by atoms with Crippen LogP contribution in [0.1, 0.15) is 66.7 Å². The SMILES string of the molecule is CC(C)NCC1(CCC(C)(C)C)CC2CC2C1. The molecule has 0 aromatic heterocycles. The summed E-state index contributed by atoms with van der Waals surface area (Å²) in [7, 11) is 0. The molecule has 2 unspecified atom stereocenters. The summed E-state index contributed by atoms with van der Waals surface area (Å²) in [4.78, 5) is 0. The van der Waals surface area contributed by atoms with Crippen molar-refractivity contribution >= 4 is 0 Å². The maximum atomic E-state index is 3.71. The lowest BCUT2D eigenvalue weighted by Crippen LogP contribution is -2.37. The molecular formula is C16H31N. The van der Waals surface area contributed by atoms with E-state index in [9.17, 15) is 0 Å². The van der Waals surface area contributed by atoms with E-state index in [4.69, 9.17) is 0 Å². The van der Waals surface area contributed by atoms with Crippen LogP contribution in [0.2, 0.25) is 0 Å². The smallest absolute Gasteiger partial charge is 0.00106 e. The number of hydrogen-bond donors (Lipinski definition) is 1. The van der Waals surface area contributed by atoms with Gasteiger partial charge in [0.25, 0.3) is 0 Å². The molecule has 0 bridgehead atoms. The number of rotatable bonds is 5. The van der Waals surface area contributed by atoms with Gasteiger partial charge in [0.1, 0.15) is 0 Å². The molecule has 0 heterocycles. The van der Waals surface area contributed by atoms with Gasteiger partial charge in [-0.2, -0.15) is 0 Å². The average molecular weight is 237 g/mol. The molecule has 2 aliphatic rings. The Labute approximate surface area is 108 Å². The van der Waals surface area contributed by atoms with E-state index in [0.717, 1.165) is 11.8 Å². The quantitative estimate of drug-likeness (QED) is 0.754. The molecule has 2 rings (SSSR count). The first-order valence-electron chi connectivity index (χ1n) is 7.53. The summed E-state index contributed by atoms with van der Waals surface area (Å²) in [5, 5.41) is 3.71. The number of fused-ring (bicyclic) bond motifs is 1. The molecule has 1 heteroatoms. The van der Waals surface area contributed by atoms with Crippen LogP contribution >= 0.6 is 0 Å². The molecular weight excluding hydrogens is 206 g/mol. The maximum Gasteiger partial charge on any atom is 0.00106 e. The summed E-state index contributed by atoms with van der Waals surface area (Å²) in [6, 6.07) is 0.637. The molecule has 2 atom stereocenters. The predicted molar refractivity (Wildman–Crippen MR) is 75.1 cm³/mol. The maximum absolute atomic E-state index is 3.71. The van der Waals surface area contributed by atoms with E-state index in [1.165, 1.54) is 32.2 Å². The fraction of sp³-hybridized carbons (Fsp3) is 1.00. The van der Waals surface area contributed by atoms with Gasteiger partial charge in [-0.1, -0.05) is 34.6 Å². The summed E-state index contributed by atoms with van der Waals surface area (Å²) < 4.78 is 0. The fourth-order valence-electron chi connectivity index (χ4n) is 3.50. The van der Waals surface area contributed by atoms with E-state index in [0.29, 0.717) is 16.9 Å². The molecule has 0 radical (unpaired) electrons. The second-order valence-corrected chi connectivity index (χ2v) is 8.26. The van der Waals surface area contributed by atoms with Crippen molar-refractivity contribution in [3.63, 3.8) is 0 Å². The van der Waals surface area contributed by atoms with Gasteiger partial charge in [-0.25, -0.2) is 0 Å². The molecule has 2 fully saturated rings. The molecule has 1 N–H and O–H groups in total. The molecule has 0 saturated heterocycles. The van der Waals surface area contributed by atoms with Gasteiger partial charge >= 0.3 is 0 Å². The standard InChI is InChI=1S/C16H31N/c1-12(2)17-11-16(7-6-15(3,4)5)9-13-8-14(13)10-16/h12-14,17H,6-11H2,1-5H3. The molecule has 0 amide bonds. The molecule has 2 aliphatic carbocycles. The van der Waals surface area contributed by atoms with Gasteiger partial charge in [0.05, 0.1) is 0 Å². The second kappa shape index (κ2) is 4.57.